The summed E-state index contributed by atoms with van der Waals surface area (Å²) >= 11 is 6.05. The highest BCUT2D eigenvalue weighted by atomic mass is 35.5. The molecule has 7 heteroatoms. The van der Waals surface area contributed by atoms with Crippen LogP contribution in [0.3, 0.4) is 0 Å². The van der Waals surface area contributed by atoms with Crippen LogP contribution in [0.2, 0.25) is 5.02 Å². The summed E-state index contributed by atoms with van der Waals surface area (Å²) in [6.45, 7) is 3.59. The van der Waals surface area contributed by atoms with E-state index in [4.69, 9.17) is 16.3 Å². The smallest absolute Gasteiger partial charge is 0.240 e. The predicted molar refractivity (Wildman–Crippen MR) is 82.9 cm³/mol. The minimum Gasteiger partial charge on any atom is -0.378 e. The summed E-state index contributed by atoms with van der Waals surface area (Å²) in [4.78, 5) is 0.240. The molecule has 0 amide bonds. The molecule has 1 aromatic rings. The molecular weight excluding hydrogens is 312 g/mol. The van der Waals surface area contributed by atoms with E-state index < -0.39 is 10.0 Å². The summed E-state index contributed by atoms with van der Waals surface area (Å²) in [5.74, 6) is 0.226. The first-order valence-corrected chi connectivity index (χ1v) is 8.84. The van der Waals surface area contributed by atoms with E-state index >= 15 is 0 Å². The molecule has 1 fully saturated rings. The Morgan fingerprint density at radius 3 is 2.81 bits per heavy atom. The van der Waals surface area contributed by atoms with Gasteiger partial charge in [-0.1, -0.05) is 11.6 Å². The van der Waals surface area contributed by atoms with Gasteiger partial charge in [-0.05, 0) is 44.2 Å². The molecule has 0 saturated carbocycles. The van der Waals surface area contributed by atoms with Crippen molar-refractivity contribution in [3.8, 4) is 0 Å². The van der Waals surface area contributed by atoms with Crippen LogP contribution in [0.1, 0.15) is 18.9 Å². The highest BCUT2D eigenvalue weighted by molar-refractivity contribution is 7.89. The van der Waals surface area contributed by atoms with Crippen LogP contribution < -0.4 is 10.0 Å². The van der Waals surface area contributed by atoms with Gasteiger partial charge in [0.15, 0.2) is 0 Å². The van der Waals surface area contributed by atoms with E-state index in [-0.39, 0.29) is 16.9 Å². The number of benzene rings is 1. The van der Waals surface area contributed by atoms with E-state index in [9.17, 15) is 8.42 Å². The Morgan fingerprint density at radius 1 is 1.43 bits per heavy atom. The van der Waals surface area contributed by atoms with Crippen molar-refractivity contribution in [1.82, 2.24) is 10.0 Å². The van der Waals surface area contributed by atoms with Crippen molar-refractivity contribution in [2.45, 2.75) is 30.9 Å². The van der Waals surface area contributed by atoms with Crippen LogP contribution in [0.25, 0.3) is 0 Å². The Labute approximate surface area is 131 Å². The van der Waals surface area contributed by atoms with Crippen molar-refractivity contribution in [3.63, 3.8) is 0 Å². The number of hydrogen-bond donors (Lipinski definition) is 2. The molecule has 2 unspecified atom stereocenters. The van der Waals surface area contributed by atoms with Gasteiger partial charge in [0, 0.05) is 30.6 Å². The zero-order valence-electron chi connectivity index (χ0n) is 12.2. The number of ether oxygens (including phenoxy) is 1. The van der Waals surface area contributed by atoms with Gasteiger partial charge in [-0.15, -0.1) is 0 Å². The summed E-state index contributed by atoms with van der Waals surface area (Å²) < 4.78 is 32.8. The Morgan fingerprint density at radius 2 is 2.19 bits per heavy atom. The van der Waals surface area contributed by atoms with Crippen LogP contribution >= 0.6 is 11.6 Å². The summed E-state index contributed by atoms with van der Waals surface area (Å²) in [6.07, 6.45) is 0.979. The summed E-state index contributed by atoms with van der Waals surface area (Å²) in [5, 5.41) is 3.53. The van der Waals surface area contributed by atoms with Gasteiger partial charge in [-0.2, -0.15) is 0 Å². The SMILES string of the molecule is CNCc1cc(S(=O)(=O)NCC2CCOC2C)ccc1Cl. The van der Waals surface area contributed by atoms with E-state index in [1.54, 1.807) is 19.2 Å². The first-order valence-electron chi connectivity index (χ1n) is 6.98. The summed E-state index contributed by atoms with van der Waals surface area (Å²) in [7, 11) is -1.73. The van der Waals surface area contributed by atoms with E-state index in [2.05, 4.69) is 10.0 Å². The van der Waals surface area contributed by atoms with Gasteiger partial charge in [0.25, 0.3) is 0 Å². The van der Waals surface area contributed by atoms with Crippen LogP contribution in [0, 0.1) is 5.92 Å². The van der Waals surface area contributed by atoms with E-state index in [1.807, 2.05) is 6.92 Å². The molecule has 5 nitrogen and oxygen atoms in total. The van der Waals surface area contributed by atoms with Gasteiger partial charge in [0.1, 0.15) is 0 Å². The molecule has 2 atom stereocenters. The number of sulfonamides is 1. The molecular formula is C14H21ClN2O3S. The van der Waals surface area contributed by atoms with Gasteiger partial charge in [-0.3, -0.25) is 0 Å². The maximum atomic E-state index is 12.3. The van der Waals surface area contributed by atoms with Gasteiger partial charge in [-0.25, -0.2) is 13.1 Å². The largest absolute Gasteiger partial charge is 0.378 e. The molecule has 1 aromatic carbocycles. The molecule has 0 aromatic heterocycles. The molecule has 2 N–H and O–H groups in total. The minimum absolute atomic E-state index is 0.0952. The molecule has 118 valence electrons. The average molecular weight is 333 g/mol. The van der Waals surface area contributed by atoms with Gasteiger partial charge in [0.05, 0.1) is 11.0 Å². The first kappa shape index (κ1) is 16.7. The predicted octanol–water partition coefficient (Wildman–Crippen LogP) is 1.76. The third-order valence-electron chi connectivity index (χ3n) is 3.76. The maximum absolute atomic E-state index is 12.3. The lowest BCUT2D eigenvalue weighted by Crippen LogP contribution is -2.32. The fourth-order valence-corrected chi connectivity index (χ4v) is 3.72. The van der Waals surface area contributed by atoms with E-state index in [0.29, 0.717) is 24.7 Å². The maximum Gasteiger partial charge on any atom is 0.240 e. The van der Waals surface area contributed by atoms with Crippen LogP contribution in [-0.4, -0.2) is 34.7 Å². The molecule has 1 saturated heterocycles. The fourth-order valence-electron chi connectivity index (χ4n) is 2.39. The topological polar surface area (TPSA) is 67.4 Å². The second kappa shape index (κ2) is 7.07. The quantitative estimate of drug-likeness (QED) is 0.833. The lowest BCUT2D eigenvalue weighted by molar-refractivity contribution is 0.107. The van der Waals surface area contributed by atoms with Crippen LogP contribution in [0.5, 0.6) is 0 Å². The molecule has 1 heterocycles. The van der Waals surface area contributed by atoms with Crippen LogP contribution in [0.15, 0.2) is 23.1 Å². The third-order valence-corrected chi connectivity index (χ3v) is 5.55. The molecule has 1 aliphatic rings. The number of halogens is 1. The number of rotatable bonds is 6. The summed E-state index contributed by atoms with van der Waals surface area (Å²) in [6, 6.07) is 4.75. The van der Waals surface area contributed by atoms with Crippen molar-refractivity contribution in [1.29, 1.82) is 0 Å². The first-order chi connectivity index (χ1) is 9.94. The molecule has 1 aliphatic heterocycles. The average Bonchev–Trinajstić information content (AvgIpc) is 2.85. The molecule has 2 rings (SSSR count). The monoisotopic (exact) mass is 332 g/mol. The van der Waals surface area contributed by atoms with Crippen LogP contribution in [0.4, 0.5) is 0 Å². The molecule has 0 aliphatic carbocycles. The Bertz CT molecular complexity index is 592. The molecule has 21 heavy (non-hydrogen) atoms. The van der Waals surface area contributed by atoms with Crippen molar-refractivity contribution >= 4 is 21.6 Å². The Balaban J connectivity index is 2.10. The van der Waals surface area contributed by atoms with E-state index in [1.165, 1.54) is 6.07 Å². The molecule has 0 spiro atoms. The zero-order valence-corrected chi connectivity index (χ0v) is 13.8. The zero-order chi connectivity index (χ0) is 15.5. The highest BCUT2D eigenvalue weighted by Crippen LogP contribution is 2.22. The van der Waals surface area contributed by atoms with Gasteiger partial charge >= 0.3 is 0 Å². The second-order valence-electron chi connectivity index (χ2n) is 5.26. The highest BCUT2D eigenvalue weighted by Gasteiger charge is 2.26. The second-order valence-corrected chi connectivity index (χ2v) is 7.43. The van der Waals surface area contributed by atoms with Crippen LogP contribution in [-0.2, 0) is 21.3 Å². The molecule has 0 bridgehead atoms. The third kappa shape index (κ3) is 4.17. The normalized spacial score (nSPS) is 22.6. The minimum atomic E-state index is -3.52. The summed E-state index contributed by atoms with van der Waals surface area (Å²) in [5.41, 5.74) is 0.764. The van der Waals surface area contributed by atoms with E-state index in [0.717, 1.165) is 12.0 Å². The van der Waals surface area contributed by atoms with Crippen molar-refractivity contribution in [3.05, 3.63) is 28.8 Å². The Hall–Kier alpha value is -0.660. The fraction of sp³-hybridized carbons (Fsp3) is 0.571. The number of hydrogen-bond acceptors (Lipinski definition) is 4. The number of nitrogens with one attached hydrogen (secondary N) is 2. The standard InChI is InChI=1S/C14H21ClN2O3S/c1-10-11(5-6-20-10)9-17-21(18,19)13-3-4-14(15)12(7-13)8-16-2/h3-4,7,10-11,16-17H,5-6,8-9H2,1-2H3. The van der Waals surface area contributed by atoms with Crippen molar-refractivity contribution in [2.75, 3.05) is 20.2 Å². The van der Waals surface area contributed by atoms with Gasteiger partial charge in [0.2, 0.25) is 10.0 Å². The molecule has 0 radical (unpaired) electrons. The lowest BCUT2D eigenvalue weighted by Gasteiger charge is -2.15. The van der Waals surface area contributed by atoms with Crippen molar-refractivity contribution < 1.29 is 13.2 Å². The Kier molecular flexibility index (Phi) is 5.62. The van der Waals surface area contributed by atoms with Crippen molar-refractivity contribution in [2.24, 2.45) is 5.92 Å². The van der Waals surface area contributed by atoms with Gasteiger partial charge < -0.3 is 10.1 Å². The lowest BCUT2D eigenvalue weighted by atomic mass is 10.0.